The molecule has 1 aliphatic rings. The van der Waals surface area contributed by atoms with E-state index in [4.69, 9.17) is 5.73 Å². The van der Waals surface area contributed by atoms with Gasteiger partial charge >= 0.3 is 0 Å². The first-order valence-corrected chi connectivity index (χ1v) is 5.77. The number of anilines is 1. The quantitative estimate of drug-likeness (QED) is 0.780. The van der Waals surface area contributed by atoms with Gasteiger partial charge < -0.3 is 5.73 Å². The summed E-state index contributed by atoms with van der Waals surface area (Å²) in [5.74, 6) is -0.244. The van der Waals surface area contributed by atoms with Crippen LogP contribution in [0.2, 0.25) is 0 Å². The molecule has 3 heteroatoms. The first-order valence-electron chi connectivity index (χ1n) is 5.77. The Kier molecular flexibility index (Phi) is 2.89. The molecule has 0 aliphatic carbocycles. The summed E-state index contributed by atoms with van der Waals surface area (Å²) in [6, 6.07) is 4.79. The van der Waals surface area contributed by atoms with E-state index in [-0.39, 0.29) is 11.4 Å². The molecule has 1 saturated heterocycles. The molecule has 2 rings (SSSR count). The van der Waals surface area contributed by atoms with Crippen LogP contribution in [0.4, 0.5) is 10.1 Å². The van der Waals surface area contributed by atoms with E-state index in [0.717, 1.165) is 18.7 Å². The van der Waals surface area contributed by atoms with E-state index in [2.05, 4.69) is 18.7 Å². The lowest BCUT2D eigenvalue weighted by atomic mass is 10.0. The highest BCUT2D eigenvalue weighted by atomic mass is 19.1. The van der Waals surface area contributed by atoms with Crippen LogP contribution in [0.1, 0.15) is 32.3 Å². The second kappa shape index (κ2) is 4.06. The van der Waals surface area contributed by atoms with E-state index in [1.807, 2.05) is 6.07 Å². The minimum absolute atomic E-state index is 0.223. The van der Waals surface area contributed by atoms with Crippen molar-refractivity contribution in [1.82, 2.24) is 4.90 Å². The number of benzene rings is 1. The van der Waals surface area contributed by atoms with E-state index >= 15 is 0 Å². The van der Waals surface area contributed by atoms with Gasteiger partial charge in [0.25, 0.3) is 0 Å². The number of hydrogen-bond acceptors (Lipinski definition) is 2. The fraction of sp³-hybridized carbons (Fsp3) is 0.538. The zero-order valence-electron chi connectivity index (χ0n) is 9.96. The van der Waals surface area contributed by atoms with Crippen LogP contribution in [0.15, 0.2) is 18.2 Å². The third-order valence-electron chi connectivity index (χ3n) is 3.43. The Morgan fingerprint density at radius 1 is 1.38 bits per heavy atom. The SMILES string of the molecule is CC1(C)CCCN1Cc1cc(N)cc(F)c1. The number of rotatable bonds is 2. The van der Waals surface area contributed by atoms with Crippen molar-refractivity contribution in [2.24, 2.45) is 0 Å². The van der Waals surface area contributed by atoms with Gasteiger partial charge in [0.2, 0.25) is 0 Å². The summed E-state index contributed by atoms with van der Waals surface area (Å²) in [4.78, 5) is 2.39. The molecule has 0 saturated carbocycles. The van der Waals surface area contributed by atoms with Crippen LogP contribution in [0.5, 0.6) is 0 Å². The smallest absolute Gasteiger partial charge is 0.125 e. The molecule has 1 aromatic carbocycles. The zero-order valence-corrected chi connectivity index (χ0v) is 9.96. The molecule has 2 N–H and O–H groups in total. The summed E-state index contributed by atoms with van der Waals surface area (Å²) in [5, 5.41) is 0. The van der Waals surface area contributed by atoms with E-state index in [1.54, 1.807) is 6.07 Å². The Hall–Kier alpha value is -1.09. The maximum Gasteiger partial charge on any atom is 0.125 e. The molecule has 1 aliphatic heterocycles. The molecule has 1 heterocycles. The van der Waals surface area contributed by atoms with Crippen molar-refractivity contribution in [3.05, 3.63) is 29.6 Å². The van der Waals surface area contributed by atoms with Crippen molar-refractivity contribution in [3.8, 4) is 0 Å². The van der Waals surface area contributed by atoms with E-state index in [1.165, 1.54) is 18.9 Å². The average Bonchev–Trinajstić information content (AvgIpc) is 2.44. The summed E-state index contributed by atoms with van der Waals surface area (Å²) >= 11 is 0. The fourth-order valence-corrected chi connectivity index (χ4v) is 2.44. The standard InChI is InChI=1S/C13H19FN2/c1-13(2)4-3-5-16(13)9-10-6-11(14)8-12(15)7-10/h6-8H,3-5,9,15H2,1-2H3. The molecule has 0 bridgehead atoms. The van der Waals surface area contributed by atoms with Gasteiger partial charge in [0.15, 0.2) is 0 Å². The van der Waals surface area contributed by atoms with Crippen molar-refractivity contribution >= 4 is 5.69 Å². The van der Waals surface area contributed by atoms with Crippen molar-refractivity contribution in [2.45, 2.75) is 38.8 Å². The summed E-state index contributed by atoms with van der Waals surface area (Å²) < 4.78 is 13.2. The van der Waals surface area contributed by atoms with E-state index < -0.39 is 0 Å². The molecule has 2 nitrogen and oxygen atoms in total. The number of likely N-dealkylation sites (tertiary alicyclic amines) is 1. The van der Waals surface area contributed by atoms with E-state index in [0.29, 0.717) is 5.69 Å². The molecule has 1 aromatic rings. The van der Waals surface area contributed by atoms with Crippen LogP contribution in [-0.4, -0.2) is 17.0 Å². The van der Waals surface area contributed by atoms with Gasteiger partial charge in [-0.25, -0.2) is 4.39 Å². The molecule has 0 amide bonds. The van der Waals surface area contributed by atoms with Gasteiger partial charge in [-0.3, -0.25) is 4.90 Å². The number of halogens is 1. The minimum Gasteiger partial charge on any atom is -0.399 e. The lowest BCUT2D eigenvalue weighted by Crippen LogP contribution is -2.37. The van der Waals surface area contributed by atoms with Crippen molar-refractivity contribution in [1.29, 1.82) is 0 Å². The molecule has 0 aromatic heterocycles. The van der Waals surface area contributed by atoms with E-state index in [9.17, 15) is 4.39 Å². The lowest BCUT2D eigenvalue weighted by Gasteiger charge is -2.31. The number of nitrogens with zero attached hydrogens (tertiary/aromatic N) is 1. The van der Waals surface area contributed by atoms with Crippen LogP contribution >= 0.6 is 0 Å². The molecule has 0 spiro atoms. The monoisotopic (exact) mass is 222 g/mol. The number of nitrogens with two attached hydrogens (primary N) is 1. The molecule has 88 valence electrons. The molecular weight excluding hydrogens is 203 g/mol. The second-order valence-electron chi connectivity index (χ2n) is 5.23. The molecule has 0 atom stereocenters. The van der Waals surface area contributed by atoms with Crippen LogP contribution in [0, 0.1) is 5.82 Å². The highest BCUT2D eigenvalue weighted by Gasteiger charge is 2.31. The number of hydrogen-bond donors (Lipinski definition) is 1. The molecule has 1 fully saturated rings. The van der Waals surface area contributed by atoms with Crippen molar-refractivity contribution in [3.63, 3.8) is 0 Å². The van der Waals surface area contributed by atoms with Gasteiger partial charge in [0.05, 0.1) is 0 Å². The van der Waals surface area contributed by atoms with Crippen molar-refractivity contribution < 1.29 is 4.39 Å². The van der Waals surface area contributed by atoms with Gasteiger partial charge in [0.1, 0.15) is 5.82 Å². The highest BCUT2D eigenvalue weighted by Crippen LogP contribution is 2.30. The summed E-state index contributed by atoms with van der Waals surface area (Å²) in [6.07, 6.45) is 2.43. The van der Waals surface area contributed by atoms with Crippen LogP contribution < -0.4 is 5.73 Å². The topological polar surface area (TPSA) is 29.3 Å². The fourth-order valence-electron chi connectivity index (χ4n) is 2.44. The molecule has 0 radical (unpaired) electrons. The van der Waals surface area contributed by atoms with Crippen molar-refractivity contribution in [2.75, 3.05) is 12.3 Å². The first-order chi connectivity index (χ1) is 7.47. The molecule has 16 heavy (non-hydrogen) atoms. The average molecular weight is 222 g/mol. The Bertz CT molecular complexity index is 367. The second-order valence-corrected chi connectivity index (χ2v) is 5.23. The number of nitrogen functional groups attached to an aromatic ring is 1. The molecule has 0 unspecified atom stereocenters. The Labute approximate surface area is 96.2 Å². The minimum atomic E-state index is -0.244. The van der Waals surface area contributed by atoms with Crippen LogP contribution in [-0.2, 0) is 6.54 Å². The van der Waals surface area contributed by atoms with Gasteiger partial charge in [-0.05, 0) is 57.0 Å². The van der Waals surface area contributed by atoms with Gasteiger partial charge in [-0.1, -0.05) is 0 Å². The predicted molar refractivity (Wildman–Crippen MR) is 64.5 cm³/mol. The predicted octanol–water partition coefficient (Wildman–Crippen LogP) is 2.78. The summed E-state index contributed by atoms with van der Waals surface area (Å²) in [7, 11) is 0. The summed E-state index contributed by atoms with van der Waals surface area (Å²) in [6.45, 7) is 6.35. The Balaban J connectivity index is 2.14. The first kappa shape index (κ1) is 11.4. The van der Waals surface area contributed by atoms with Gasteiger partial charge in [0, 0.05) is 17.8 Å². The van der Waals surface area contributed by atoms with Gasteiger partial charge in [-0.15, -0.1) is 0 Å². The zero-order chi connectivity index (χ0) is 11.8. The van der Waals surface area contributed by atoms with Gasteiger partial charge in [-0.2, -0.15) is 0 Å². The largest absolute Gasteiger partial charge is 0.399 e. The third kappa shape index (κ3) is 2.35. The Morgan fingerprint density at radius 3 is 2.69 bits per heavy atom. The lowest BCUT2D eigenvalue weighted by molar-refractivity contribution is 0.166. The third-order valence-corrected chi connectivity index (χ3v) is 3.43. The maximum atomic E-state index is 13.2. The Morgan fingerprint density at radius 2 is 2.12 bits per heavy atom. The van der Waals surface area contributed by atoms with Crippen LogP contribution in [0.25, 0.3) is 0 Å². The molecular formula is C13H19FN2. The maximum absolute atomic E-state index is 13.2. The highest BCUT2D eigenvalue weighted by molar-refractivity contribution is 5.41. The van der Waals surface area contributed by atoms with Crippen LogP contribution in [0.3, 0.4) is 0 Å². The summed E-state index contributed by atoms with van der Waals surface area (Å²) in [5.41, 5.74) is 7.34. The normalized spacial score (nSPS) is 20.2.